The summed E-state index contributed by atoms with van der Waals surface area (Å²) in [6.45, 7) is 1.83. The van der Waals surface area contributed by atoms with Crippen molar-refractivity contribution in [3.05, 3.63) is 35.9 Å². The Morgan fingerprint density at radius 1 is 1.10 bits per heavy atom. The van der Waals surface area contributed by atoms with E-state index in [4.69, 9.17) is 4.84 Å². The Labute approximate surface area is 117 Å². The number of hydroxylamine groups is 2. The highest BCUT2D eigenvalue weighted by atomic mass is 16.7. The molecule has 0 saturated carbocycles. The van der Waals surface area contributed by atoms with E-state index in [1.54, 1.807) is 19.1 Å². The number of ether oxygens (including phenoxy) is 1. The molecule has 1 rings (SSSR count). The van der Waals surface area contributed by atoms with Gasteiger partial charge in [-0.1, -0.05) is 30.3 Å². The zero-order valence-electron chi connectivity index (χ0n) is 11.5. The lowest BCUT2D eigenvalue weighted by Crippen LogP contribution is -2.32. The second-order valence-electron chi connectivity index (χ2n) is 4.00. The summed E-state index contributed by atoms with van der Waals surface area (Å²) < 4.78 is 4.61. The van der Waals surface area contributed by atoms with Crippen LogP contribution in [0.25, 0.3) is 0 Å². The molecule has 0 fully saturated rings. The fourth-order valence-electron chi connectivity index (χ4n) is 1.45. The molecule has 6 heteroatoms. The Kier molecular flexibility index (Phi) is 6.22. The normalized spacial score (nSPS) is 9.70. The van der Waals surface area contributed by atoms with Gasteiger partial charge in [0.05, 0.1) is 13.0 Å². The molecule has 0 aliphatic rings. The second-order valence-corrected chi connectivity index (χ2v) is 4.00. The van der Waals surface area contributed by atoms with Crippen LogP contribution in [-0.2, 0) is 30.4 Å². The number of carbonyl (C=O) groups excluding carboxylic acids is 3. The number of nitrogens with zero attached hydrogens (tertiary/aromatic N) is 1. The van der Waals surface area contributed by atoms with Gasteiger partial charge in [0, 0.05) is 7.05 Å². The monoisotopic (exact) mass is 279 g/mol. The Balaban J connectivity index is 2.41. The number of amides is 1. The molecule has 108 valence electrons. The third kappa shape index (κ3) is 5.51. The van der Waals surface area contributed by atoms with Crippen LogP contribution >= 0.6 is 0 Å². The summed E-state index contributed by atoms with van der Waals surface area (Å²) in [5.74, 6) is -1.89. The Hall–Kier alpha value is -2.37. The summed E-state index contributed by atoms with van der Waals surface area (Å²) in [5.41, 5.74) is 0.811. The number of carbonyl (C=O) groups is 3. The molecular formula is C14H17NO5. The Bertz CT molecular complexity index is 472. The molecule has 0 spiro atoms. The van der Waals surface area contributed by atoms with Crippen molar-refractivity contribution in [1.29, 1.82) is 0 Å². The zero-order chi connectivity index (χ0) is 15.0. The van der Waals surface area contributed by atoms with E-state index in [9.17, 15) is 14.4 Å². The topological polar surface area (TPSA) is 72.9 Å². The van der Waals surface area contributed by atoms with Gasteiger partial charge in [-0.25, -0.2) is 4.79 Å². The van der Waals surface area contributed by atoms with Crippen LogP contribution in [0.2, 0.25) is 0 Å². The van der Waals surface area contributed by atoms with Crippen molar-refractivity contribution < 1.29 is 24.0 Å². The molecule has 0 aliphatic carbocycles. The predicted molar refractivity (Wildman–Crippen MR) is 70.3 cm³/mol. The van der Waals surface area contributed by atoms with Gasteiger partial charge in [0.2, 0.25) is 0 Å². The minimum Gasteiger partial charge on any atom is -0.466 e. The van der Waals surface area contributed by atoms with Crippen molar-refractivity contribution >= 4 is 17.8 Å². The molecule has 20 heavy (non-hydrogen) atoms. The molecule has 0 heterocycles. The molecule has 1 aromatic carbocycles. The average Bonchev–Trinajstić information content (AvgIpc) is 2.39. The summed E-state index contributed by atoms with van der Waals surface area (Å²) in [5, 5.41) is 0.828. The van der Waals surface area contributed by atoms with Gasteiger partial charge in [0.15, 0.2) is 0 Å². The number of esters is 1. The summed E-state index contributed by atoms with van der Waals surface area (Å²) in [4.78, 5) is 39.0. The van der Waals surface area contributed by atoms with Crippen molar-refractivity contribution in [2.45, 2.75) is 19.8 Å². The van der Waals surface area contributed by atoms with Crippen LogP contribution in [0.3, 0.4) is 0 Å². The highest BCUT2D eigenvalue weighted by molar-refractivity contribution is 5.91. The fourth-order valence-corrected chi connectivity index (χ4v) is 1.45. The molecule has 0 bridgehead atoms. The molecule has 0 aromatic heterocycles. The minimum atomic E-state index is -0.827. The van der Waals surface area contributed by atoms with Gasteiger partial charge >= 0.3 is 11.9 Å². The van der Waals surface area contributed by atoms with Gasteiger partial charge in [-0.3, -0.25) is 9.59 Å². The first-order chi connectivity index (χ1) is 9.52. The third-order valence-corrected chi connectivity index (χ3v) is 2.38. The highest BCUT2D eigenvalue weighted by Crippen LogP contribution is 2.03. The van der Waals surface area contributed by atoms with E-state index in [0.29, 0.717) is 0 Å². The Morgan fingerprint density at radius 3 is 2.35 bits per heavy atom. The smallest absolute Gasteiger partial charge is 0.343 e. The quantitative estimate of drug-likeness (QED) is 0.458. The number of hydrogen-bond donors (Lipinski definition) is 0. The third-order valence-electron chi connectivity index (χ3n) is 2.38. The summed E-state index contributed by atoms with van der Waals surface area (Å²) in [6, 6.07) is 9.07. The van der Waals surface area contributed by atoms with Gasteiger partial charge in [-0.2, -0.15) is 5.06 Å². The maximum Gasteiger partial charge on any atom is 0.343 e. The van der Waals surface area contributed by atoms with Crippen LogP contribution < -0.4 is 0 Å². The van der Waals surface area contributed by atoms with Crippen molar-refractivity contribution in [3.8, 4) is 0 Å². The van der Waals surface area contributed by atoms with Gasteiger partial charge in [-0.05, 0) is 12.5 Å². The first-order valence-electron chi connectivity index (χ1n) is 6.19. The number of likely N-dealkylation sites (N-methyl/N-ethyl adjacent to an activating group) is 1. The number of rotatable bonds is 5. The minimum absolute atomic E-state index is 0.115. The van der Waals surface area contributed by atoms with E-state index in [-0.39, 0.29) is 18.9 Å². The van der Waals surface area contributed by atoms with Crippen LogP contribution in [0.1, 0.15) is 18.9 Å². The molecule has 6 nitrogen and oxygen atoms in total. The maximum absolute atomic E-state index is 11.8. The first-order valence-corrected chi connectivity index (χ1v) is 6.19. The van der Waals surface area contributed by atoms with Crippen LogP contribution in [0.15, 0.2) is 30.3 Å². The van der Waals surface area contributed by atoms with E-state index in [0.717, 1.165) is 10.6 Å². The number of benzene rings is 1. The maximum atomic E-state index is 11.8. The lowest BCUT2D eigenvalue weighted by Gasteiger charge is -2.15. The van der Waals surface area contributed by atoms with E-state index in [1.807, 2.05) is 18.2 Å². The average molecular weight is 279 g/mol. The molecule has 0 aliphatic heterocycles. The standard InChI is InChI=1S/C14H17NO5/c1-3-19-13(17)10-14(18)20-15(2)12(16)9-11-7-5-4-6-8-11/h4-8H,3,9-10H2,1-2H3. The highest BCUT2D eigenvalue weighted by Gasteiger charge is 2.17. The van der Waals surface area contributed by atoms with Gasteiger partial charge in [-0.15, -0.1) is 0 Å². The molecule has 1 amide bonds. The first kappa shape index (κ1) is 15.7. The van der Waals surface area contributed by atoms with E-state index >= 15 is 0 Å². The molecule has 0 unspecified atom stereocenters. The van der Waals surface area contributed by atoms with Crippen LogP contribution in [0.4, 0.5) is 0 Å². The van der Waals surface area contributed by atoms with E-state index in [2.05, 4.69) is 4.74 Å². The van der Waals surface area contributed by atoms with E-state index < -0.39 is 18.4 Å². The summed E-state index contributed by atoms with van der Waals surface area (Å²) >= 11 is 0. The SMILES string of the molecule is CCOC(=O)CC(=O)ON(C)C(=O)Cc1ccccc1. The molecule has 0 N–H and O–H groups in total. The number of hydrogen-bond acceptors (Lipinski definition) is 5. The van der Waals surface area contributed by atoms with Crippen molar-refractivity contribution in [1.82, 2.24) is 5.06 Å². The van der Waals surface area contributed by atoms with Crippen LogP contribution in [0, 0.1) is 0 Å². The van der Waals surface area contributed by atoms with Crippen molar-refractivity contribution in [3.63, 3.8) is 0 Å². The van der Waals surface area contributed by atoms with Crippen molar-refractivity contribution in [2.24, 2.45) is 0 Å². The second kappa shape index (κ2) is 7.93. The summed E-state index contributed by atoms with van der Waals surface area (Å²) in [7, 11) is 1.33. The van der Waals surface area contributed by atoms with Crippen LogP contribution in [0.5, 0.6) is 0 Å². The lowest BCUT2D eigenvalue weighted by molar-refractivity contribution is -0.193. The van der Waals surface area contributed by atoms with Gasteiger partial charge in [0.1, 0.15) is 6.42 Å². The largest absolute Gasteiger partial charge is 0.466 e. The fraction of sp³-hybridized carbons (Fsp3) is 0.357. The summed E-state index contributed by atoms with van der Waals surface area (Å²) in [6.07, 6.45) is -0.402. The Morgan fingerprint density at radius 2 is 1.75 bits per heavy atom. The van der Waals surface area contributed by atoms with E-state index in [1.165, 1.54) is 7.05 Å². The predicted octanol–water partition coefficient (Wildman–Crippen LogP) is 1.10. The molecule has 0 saturated heterocycles. The molecule has 1 aromatic rings. The molecule has 0 atom stereocenters. The van der Waals surface area contributed by atoms with Gasteiger partial charge in [0.25, 0.3) is 5.91 Å². The lowest BCUT2D eigenvalue weighted by atomic mass is 10.1. The zero-order valence-corrected chi connectivity index (χ0v) is 11.5. The molecular weight excluding hydrogens is 262 g/mol. The van der Waals surface area contributed by atoms with Crippen molar-refractivity contribution in [2.75, 3.05) is 13.7 Å². The van der Waals surface area contributed by atoms with Gasteiger partial charge < -0.3 is 9.57 Å². The molecule has 0 radical (unpaired) electrons. The van der Waals surface area contributed by atoms with Crippen LogP contribution in [-0.4, -0.2) is 36.6 Å².